The second-order valence-corrected chi connectivity index (χ2v) is 8.74. The topological polar surface area (TPSA) is 95.5 Å². The van der Waals surface area contributed by atoms with Crippen molar-refractivity contribution in [2.24, 2.45) is 0 Å². The van der Waals surface area contributed by atoms with E-state index in [-0.39, 0.29) is 24.3 Å². The fraction of sp³-hybridized carbons (Fsp3) is 0.227. The number of fused-ring (bicyclic) bond motifs is 5. The van der Waals surface area contributed by atoms with Crippen LogP contribution in [0.15, 0.2) is 48.5 Å². The number of para-hydroxylation sites is 1. The zero-order chi connectivity index (χ0) is 21.7. The number of aromatic nitrogens is 2. The predicted molar refractivity (Wildman–Crippen MR) is 116 cm³/mol. The molecule has 3 heterocycles. The van der Waals surface area contributed by atoms with Crippen molar-refractivity contribution in [3.8, 4) is 0 Å². The molecule has 8 nitrogen and oxygen atoms in total. The molecule has 0 radical (unpaired) electrons. The van der Waals surface area contributed by atoms with Gasteiger partial charge in [0.2, 0.25) is 11.0 Å². The van der Waals surface area contributed by atoms with Crippen LogP contribution >= 0.6 is 11.3 Å². The molecule has 0 bridgehead atoms. The Morgan fingerprint density at radius 1 is 1.03 bits per heavy atom. The molecule has 156 valence electrons. The second kappa shape index (κ2) is 7.28. The van der Waals surface area contributed by atoms with Crippen LogP contribution in [-0.4, -0.2) is 39.4 Å². The van der Waals surface area contributed by atoms with E-state index in [1.54, 1.807) is 41.3 Å². The van der Waals surface area contributed by atoms with Crippen molar-refractivity contribution in [2.75, 3.05) is 16.8 Å². The number of nitrogens with zero attached hydrogens (tertiary/aromatic N) is 4. The molecule has 1 atom stereocenters. The van der Waals surface area contributed by atoms with Crippen LogP contribution in [-0.2, 0) is 4.79 Å². The van der Waals surface area contributed by atoms with Crippen LogP contribution in [0, 0.1) is 0 Å². The third-order valence-corrected chi connectivity index (χ3v) is 6.52. The van der Waals surface area contributed by atoms with Crippen LogP contribution < -0.4 is 10.2 Å². The summed E-state index contributed by atoms with van der Waals surface area (Å²) >= 11 is 1.31. The highest BCUT2D eigenvalue weighted by Crippen LogP contribution is 2.44. The van der Waals surface area contributed by atoms with Gasteiger partial charge in [0.05, 0.1) is 11.3 Å². The van der Waals surface area contributed by atoms with Gasteiger partial charge in [0, 0.05) is 17.0 Å². The number of hydrogen-bond acceptors (Lipinski definition) is 6. The number of amides is 3. The first-order chi connectivity index (χ1) is 15.0. The van der Waals surface area contributed by atoms with E-state index in [1.807, 2.05) is 26.0 Å². The second-order valence-electron chi connectivity index (χ2n) is 7.73. The molecule has 2 aromatic carbocycles. The minimum atomic E-state index is -0.669. The Morgan fingerprint density at radius 2 is 1.74 bits per heavy atom. The number of rotatable bonds is 4. The molecule has 3 aromatic rings. The molecular weight excluding hydrogens is 414 g/mol. The lowest BCUT2D eigenvalue weighted by atomic mass is 10.0. The van der Waals surface area contributed by atoms with Crippen molar-refractivity contribution in [1.29, 1.82) is 0 Å². The summed E-state index contributed by atoms with van der Waals surface area (Å²) in [6.45, 7) is 3.78. The van der Waals surface area contributed by atoms with E-state index in [0.717, 1.165) is 5.01 Å². The molecule has 1 aromatic heterocycles. The molecule has 0 unspecified atom stereocenters. The first kappa shape index (κ1) is 19.4. The molecule has 1 N–H and O–H groups in total. The third kappa shape index (κ3) is 3.09. The lowest BCUT2D eigenvalue weighted by Gasteiger charge is -2.40. The molecule has 0 fully saturated rings. The number of hydrogen-bond donors (Lipinski definition) is 1. The van der Waals surface area contributed by atoms with Crippen LogP contribution in [0.4, 0.5) is 10.8 Å². The maximum Gasteiger partial charge on any atom is 0.260 e. The molecule has 9 heteroatoms. The SMILES string of the molecule is CC(C)c1nnc(NC(=O)CN2C(=O)c3ccccc3N3C(=O)c4ccccc4[C@@H]23)s1. The van der Waals surface area contributed by atoms with Gasteiger partial charge in [-0.1, -0.05) is 55.5 Å². The van der Waals surface area contributed by atoms with Crippen molar-refractivity contribution < 1.29 is 14.4 Å². The number of anilines is 2. The smallest absolute Gasteiger partial charge is 0.260 e. The van der Waals surface area contributed by atoms with E-state index in [2.05, 4.69) is 15.5 Å². The molecule has 2 aliphatic heterocycles. The average Bonchev–Trinajstić information content (AvgIpc) is 3.34. The molecule has 2 aliphatic rings. The molecule has 0 aliphatic carbocycles. The van der Waals surface area contributed by atoms with Gasteiger partial charge < -0.3 is 4.90 Å². The zero-order valence-electron chi connectivity index (χ0n) is 16.9. The predicted octanol–water partition coefficient (Wildman–Crippen LogP) is 3.42. The Hall–Kier alpha value is -3.59. The first-order valence-electron chi connectivity index (χ1n) is 9.91. The van der Waals surface area contributed by atoms with E-state index in [9.17, 15) is 14.4 Å². The van der Waals surface area contributed by atoms with Crippen molar-refractivity contribution in [3.05, 3.63) is 70.2 Å². The van der Waals surface area contributed by atoms with Gasteiger partial charge in [-0.15, -0.1) is 10.2 Å². The Labute approximate surface area is 182 Å². The van der Waals surface area contributed by atoms with Gasteiger partial charge in [-0.3, -0.25) is 24.6 Å². The van der Waals surface area contributed by atoms with Gasteiger partial charge in [-0.05, 0) is 18.2 Å². The van der Waals surface area contributed by atoms with Crippen LogP contribution in [0.5, 0.6) is 0 Å². The number of carbonyl (C=O) groups excluding carboxylic acids is 3. The van der Waals surface area contributed by atoms with E-state index >= 15 is 0 Å². The summed E-state index contributed by atoms with van der Waals surface area (Å²) in [7, 11) is 0. The quantitative estimate of drug-likeness (QED) is 0.680. The van der Waals surface area contributed by atoms with Crippen LogP contribution in [0.25, 0.3) is 0 Å². The maximum absolute atomic E-state index is 13.3. The van der Waals surface area contributed by atoms with Crippen LogP contribution in [0.3, 0.4) is 0 Å². The summed E-state index contributed by atoms with van der Waals surface area (Å²) in [6, 6.07) is 14.2. The summed E-state index contributed by atoms with van der Waals surface area (Å²) in [5.74, 6) is -0.665. The zero-order valence-corrected chi connectivity index (χ0v) is 17.7. The van der Waals surface area contributed by atoms with Gasteiger partial charge in [0.25, 0.3) is 11.8 Å². The average molecular weight is 433 g/mol. The Kier molecular flexibility index (Phi) is 4.55. The Balaban J connectivity index is 1.49. The van der Waals surface area contributed by atoms with Crippen molar-refractivity contribution >= 4 is 39.9 Å². The van der Waals surface area contributed by atoms with Gasteiger partial charge in [0.15, 0.2) is 0 Å². The van der Waals surface area contributed by atoms with Gasteiger partial charge in [-0.2, -0.15) is 0 Å². The van der Waals surface area contributed by atoms with Crippen LogP contribution in [0.1, 0.15) is 57.2 Å². The molecule has 31 heavy (non-hydrogen) atoms. The molecular formula is C22H19N5O3S. The number of carbonyl (C=O) groups is 3. The highest BCUT2D eigenvalue weighted by molar-refractivity contribution is 7.15. The van der Waals surface area contributed by atoms with Gasteiger partial charge in [-0.25, -0.2) is 0 Å². The fourth-order valence-corrected chi connectivity index (χ4v) is 4.73. The first-order valence-corrected chi connectivity index (χ1v) is 10.7. The van der Waals surface area contributed by atoms with Gasteiger partial charge in [0.1, 0.15) is 17.7 Å². The molecule has 0 saturated heterocycles. The van der Waals surface area contributed by atoms with E-state index < -0.39 is 12.1 Å². The highest BCUT2D eigenvalue weighted by Gasteiger charge is 2.48. The third-order valence-electron chi connectivity index (χ3n) is 5.38. The minimum Gasteiger partial charge on any atom is -0.304 e. The molecule has 5 rings (SSSR count). The lowest BCUT2D eigenvalue weighted by Crippen LogP contribution is -2.50. The molecule has 0 spiro atoms. The Morgan fingerprint density at radius 3 is 2.48 bits per heavy atom. The fourth-order valence-electron chi connectivity index (χ4n) is 3.97. The normalized spacial score (nSPS) is 16.9. The maximum atomic E-state index is 13.3. The summed E-state index contributed by atoms with van der Waals surface area (Å²) < 4.78 is 0. The lowest BCUT2D eigenvalue weighted by molar-refractivity contribution is -0.117. The summed E-state index contributed by atoms with van der Waals surface area (Å²) in [4.78, 5) is 42.4. The monoisotopic (exact) mass is 433 g/mol. The van der Waals surface area contributed by atoms with E-state index in [4.69, 9.17) is 0 Å². The van der Waals surface area contributed by atoms with Gasteiger partial charge >= 0.3 is 0 Å². The summed E-state index contributed by atoms with van der Waals surface area (Å²) in [6.07, 6.45) is -0.669. The van der Waals surface area contributed by atoms with Crippen molar-refractivity contribution in [2.45, 2.75) is 25.9 Å². The molecule has 3 amide bonds. The molecule has 0 saturated carbocycles. The standard InChI is InChI=1S/C22H19N5O3S/c1-12(2)18-24-25-22(31-18)23-17(28)11-26-19-13-7-3-4-8-14(13)21(30)27(19)16-10-6-5-9-15(16)20(26)29/h3-10,12,19H,11H2,1-2H3,(H,23,25,28)/t19-/m0/s1. The number of nitrogens with one attached hydrogen (secondary N) is 1. The summed E-state index contributed by atoms with van der Waals surface area (Å²) in [5.41, 5.74) is 2.20. The minimum absolute atomic E-state index is 0.184. The van der Waals surface area contributed by atoms with Crippen LogP contribution in [0.2, 0.25) is 0 Å². The van der Waals surface area contributed by atoms with Crippen molar-refractivity contribution in [1.82, 2.24) is 15.1 Å². The summed E-state index contributed by atoms with van der Waals surface area (Å²) in [5, 5.41) is 12.0. The largest absolute Gasteiger partial charge is 0.304 e. The Bertz CT molecular complexity index is 1220. The van der Waals surface area contributed by atoms with E-state index in [0.29, 0.717) is 27.5 Å². The highest BCUT2D eigenvalue weighted by atomic mass is 32.1. The van der Waals surface area contributed by atoms with Crippen molar-refractivity contribution in [3.63, 3.8) is 0 Å². The number of benzene rings is 2. The van der Waals surface area contributed by atoms with E-state index in [1.165, 1.54) is 16.2 Å².